The number of anilines is 1. The minimum Gasteiger partial charge on any atom is -0.382 e. The van der Waals surface area contributed by atoms with Crippen LogP contribution in [0.25, 0.3) is 0 Å². The largest absolute Gasteiger partial charge is 0.382 e. The molecule has 0 aromatic heterocycles. The predicted molar refractivity (Wildman–Crippen MR) is 86.0 cm³/mol. The third-order valence-corrected chi connectivity index (χ3v) is 6.47. The summed E-state index contributed by atoms with van der Waals surface area (Å²) in [6.45, 7) is 7.31. The molecule has 2 saturated carbocycles. The van der Waals surface area contributed by atoms with E-state index < -0.39 is 0 Å². The van der Waals surface area contributed by atoms with Crippen LogP contribution in [0.4, 0.5) is 5.69 Å². The van der Waals surface area contributed by atoms with Crippen LogP contribution in [0, 0.1) is 16.7 Å². The molecule has 2 fully saturated rings. The van der Waals surface area contributed by atoms with Crippen molar-refractivity contribution in [3.05, 3.63) is 29.8 Å². The fraction of sp³-hybridized carbons (Fsp3) is 0.611. The first kappa shape index (κ1) is 14.4. The lowest BCUT2D eigenvalue weighted by Crippen LogP contribution is -2.40. The van der Waals surface area contributed by atoms with Gasteiger partial charge in [-0.3, -0.25) is 4.79 Å². The van der Waals surface area contributed by atoms with Crippen LogP contribution in [0.2, 0.25) is 0 Å². The van der Waals surface area contributed by atoms with Crippen LogP contribution in [-0.2, 0) is 11.2 Å². The molecule has 114 valence electrons. The second kappa shape index (κ2) is 4.75. The fourth-order valence-electron chi connectivity index (χ4n) is 4.54. The second-order valence-corrected chi connectivity index (χ2v) is 7.65. The number of hydrogen-bond acceptors (Lipinski definition) is 2. The molecule has 1 amide bonds. The molecule has 0 spiro atoms. The first-order valence-corrected chi connectivity index (χ1v) is 7.97. The molecule has 21 heavy (non-hydrogen) atoms. The number of benzene rings is 1. The van der Waals surface area contributed by atoms with E-state index in [1.807, 2.05) is 12.1 Å². The summed E-state index contributed by atoms with van der Waals surface area (Å²) < 4.78 is 0. The zero-order chi connectivity index (χ0) is 15.3. The second-order valence-electron chi connectivity index (χ2n) is 7.65. The van der Waals surface area contributed by atoms with E-state index in [-0.39, 0.29) is 5.91 Å². The number of fused-ring (bicyclic) bond motifs is 2. The number of primary amides is 1. The number of amides is 1. The normalized spacial score (nSPS) is 33.1. The van der Waals surface area contributed by atoms with Gasteiger partial charge >= 0.3 is 0 Å². The third kappa shape index (κ3) is 2.23. The Hall–Kier alpha value is -1.51. The van der Waals surface area contributed by atoms with Crippen molar-refractivity contribution in [3.63, 3.8) is 0 Å². The van der Waals surface area contributed by atoms with Gasteiger partial charge in [0.05, 0.1) is 6.42 Å². The first-order chi connectivity index (χ1) is 9.83. The molecular weight excluding hydrogens is 260 g/mol. The standard InChI is InChI=1S/C18H26N2O/c1-17(2)13-8-9-18(17,3)15(11-13)20-14-6-4-12(5-7-14)10-16(19)21/h4-7,13,15,20H,8-11H2,1-3H3,(H2,19,21). The van der Waals surface area contributed by atoms with Gasteiger partial charge < -0.3 is 11.1 Å². The average molecular weight is 286 g/mol. The molecule has 0 radical (unpaired) electrons. The maximum Gasteiger partial charge on any atom is 0.221 e. The molecule has 1 aromatic rings. The Labute approximate surface area is 127 Å². The molecule has 3 atom stereocenters. The molecule has 2 aliphatic carbocycles. The van der Waals surface area contributed by atoms with Gasteiger partial charge in [-0.25, -0.2) is 0 Å². The summed E-state index contributed by atoms with van der Waals surface area (Å²) in [4.78, 5) is 10.9. The molecule has 3 unspecified atom stereocenters. The average Bonchev–Trinajstić information content (AvgIpc) is 2.73. The van der Waals surface area contributed by atoms with Crippen LogP contribution in [0.5, 0.6) is 0 Å². The lowest BCUT2D eigenvalue weighted by Gasteiger charge is -2.40. The lowest BCUT2D eigenvalue weighted by atomic mass is 9.69. The summed E-state index contributed by atoms with van der Waals surface area (Å²) in [6, 6.07) is 8.68. The maximum atomic E-state index is 10.9. The molecule has 3 nitrogen and oxygen atoms in total. The van der Waals surface area contributed by atoms with E-state index in [0.29, 0.717) is 23.3 Å². The van der Waals surface area contributed by atoms with Crippen LogP contribution >= 0.6 is 0 Å². The zero-order valence-electron chi connectivity index (χ0n) is 13.3. The van der Waals surface area contributed by atoms with Gasteiger partial charge in [0.2, 0.25) is 5.91 Å². The van der Waals surface area contributed by atoms with Crippen LogP contribution in [-0.4, -0.2) is 11.9 Å². The van der Waals surface area contributed by atoms with Crippen molar-refractivity contribution in [1.82, 2.24) is 0 Å². The highest BCUT2D eigenvalue weighted by Gasteiger charge is 2.61. The Morgan fingerprint density at radius 2 is 1.95 bits per heavy atom. The number of nitrogens with two attached hydrogens (primary N) is 1. The number of rotatable bonds is 4. The molecule has 3 heteroatoms. The van der Waals surface area contributed by atoms with E-state index in [9.17, 15) is 4.79 Å². The molecule has 0 aliphatic heterocycles. The summed E-state index contributed by atoms with van der Waals surface area (Å²) in [7, 11) is 0. The maximum absolute atomic E-state index is 10.9. The highest BCUT2D eigenvalue weighted by Crippen LogP contribution is 2.65. The van der Waals surface area contributed by atoms with Crippen molar-refractivity contribution < 1.29 is 4.79 Å². The van der Waals surface area contributed by atoms with Crippen molar-refractivity contribution in [2.75, 3.05) is 5.32 Å². The number of carbonyl (C=O) groups is 1. The van der Waals surface area contributed by atoms with Gasteiger partial charge in [0.1, 0.15) is 0 Å². The molecule has 1 aromatic carbocycles. The van der Waals surface area contributed by atoms with E-state index in [1.54, 1.807) is 0 Å². The van der Waals surface area contributed by atoms with Crippen molar-refractivity contribution in [2.45, 2.75) is 52.5 Å². The smallest absolute Gasteiger partial charge is 0.221 e. The van der Waals surface area contributed by atoms with Crippen molar-refractivity contribution in [2.24, 2.45) is 22.5 Å². The Bertz CT molecular complexity index is 549. The van der Waals surface area contributed by atoms with Crippen molar-refractivity contribution >= 4 is 11.6 Å². The van der Waals surface area contributed by atoms with Gasteiger partial charge in [-0.15, -0.1) is 0 Å². The van der Waals surface area contributed by atoms with Crippen molar-refractivity contribution in [3.8, 4) is 0 Å². The Balaban J connectivity index is 1.72. The Kier molecular flexibility index (Phi) is 3.27. The van der Waals surface area contributed by atoms with Crippen LogP contribution in [0.15, 0.2) is 24.3 Å². The molecular formula is C18H26N2O. The van der Waals surface area contributed by atoms with Gasteiger partial charge in [-0.1, -0.05) is 32.9 Å². The molecule has 3 N–H and O–H groups in total. The zero-order valence-corrected chi connectivity index (χ0v) is 13.3. The van der Waals surface area contributed by atoms with E-state index in [2.05, 4.69) is 38.2 Å². The van der Waals surface area contributed by atoms with E-state index in [4.69, 9.17) is 5.73 Å². The minimum atomic E-state index is -0.280. The summed E-state index contributed by atoms with van der Waals surface area (Å²) >= 11 is 0. The topological polar surface area (TPSA) is 55.1 Å². The van der Waals surface area contributed by atoms with Crippen LogP contribution in [0.3, 0.4) is 0 Å². The number of carbonyl (C=O) groups excluding carboxylic acids is 1. The van der Waals surface area contributed by atoms with Gasteiger partial charge in [0.25, 0.3) is 0 Å². The van der Waals surface area contributed by atoms with Crippen molar-refractivity contribution in [1.29, 1.82) is 0 Å². The predicted octanol–water partition coefficient (Wildman–Crippen LogP) is 3.34. The molecule has 2 bridgehead atoms. The SMILES string of the molecule is CC1(C)C2CCC1(C)C(Nc1ccc(CC(N)=O)cc1)C2. The quantitative estimate of drug-likeness (QED) is 0.892. The van der Waals surface area contributed by atoms with E-state index >= 15 is 0 Å². The minimum absolute atomic E-state index is 0.280. The molecule has 0 saturated heterocycles. The lowest BCUT2D eigenvalue weighted by molar-refractivity contribution is -0.117. The van der Waals surface area contributed by atoms with Gasteiger partial charge in [0, 0.05) is 11.7 Å². The monoisotopic (exact) mass is 286 g/mol. The van der Waals surface area contributed by atoms with E-state index in [1.165, 1.54) is 19.3 Å². The summed E-state index contributed by atoms with van der Waals surface area (Å²) in [6.07, 6.45) is 4.28. The number of hydrogen-bond donors (Lipinski definition) is 2. The van der Waals surface area contributed by atoms with E-state index in [0.717, 1.165) is 17.2 Å². The van der Waals surface area contributed by atoms with Gasteiger partial charge in [-0.2, -0.15) is 0 Å². The summed E-state index contributed by atoms with van der Waals surface area (Å²) in [5.41, 5.74) is 8.16. The first-order valence-electron chi connectivity index (χ1n) is 7.97. The summed E-state index contributed by atoms with van der Waals surface area (Å²) in [5, 5.41) is 3.73. The molecule has 2 aliphatic rings. The van der Waals surface area contributed by atoms with Gasteiger partial charge in [-0.05, 0) is 53.7 Å². The summed E-state index contributed by atoms with van der Waals surface area (Å²) in [5.74, 6) is 0.562. The Morgan fingerprint density at radius 1 is 1.29 bits per heavy atom. The van der Waals surface area contributed by atoms with Crippen LogP contribution in [0.1, 0.15) is 45.6 Å². The van der Waals surface area contributed by atoms with Gasteiger partial charge in [0.15, 0.2) is 0 Å². The third-order valence-electron chi connectivity index (χ3n) is 6.47. The number of nitrogens with one attached hydrogen (secondary N) is 1. The highest BCUT2D eigenvalue weighted by molar-refractivity contribution is 5.76. The van der Waals surface area contributed by atoms with Crippen LogP contribution < -0.4 is 11.1 Å². The highest BCUT2D eigenvalue weighted by atomic mass is 16.1. The molecule has 0 heterocycles. The molecule has 3 rings (SSSR count). The Morgan fingerprint density at radius 3 is 2.43 bits per heavy atom. The fourth-order valence-corrected chi connectivity index (χ4v) is 4.54.